The Morgan fingerprint density at radius 2 is 1.78 bits per heavy atom. The zero-order valence-electron chi connectivity index (χ0n) is 20.1. The number of rotatable bonds is 12. The van der Waals surface area contributed by atoms with Crippen LogP contribution in [0.2, 0.25) is 10.0 Å². The van der Waals surface area contributed by atoms with Crippen LogP contribution in [-0.4, -0.2) is 47.4 Å². The van der Waals surface area contributed by atoms with Crippen LogP contribution in [-0.2, 0) is 11.3 Å². The van der Waals surface area contributed by atoms with Crippen LogP contribution >= 0.6 is 23.2 Å². The lowest BCUT2D eigenvalue weighted by atomic mass is 10.1. The molecule has 9 heteroatoms. The Morgan fingerprint density at radius 1 is 1.08 bits per heavy atom. The highest BCUT2D eigenvalue weighted by Gasteiger charge is 2.40. The molecule has 36 heavy (non-hydrogen) atoms. The van der Waals surface area contributed by atoms with E-state index in [4.69, 9.17) is 27.6 Å². The van der Waals surface area contributed by atoms with Crippen molar-refractivity contribution in [3.8, 4) is 0 Å². The smallest absolute Gasteiger partial charge is 0.289 e. The van der Waals surface area contributed by atoms with E-state index in [1.807, 2.05) is 24.3 Å². The van der Waals surface area contributed by atoms with E-state index >= 15 is 0 Å². The van der Waals surface area contributed by atoms with Gasteiger partial charge in [0.1, 0.15) is 6.04 Å². The SMILES string of the molecule is CN(CCCCC(NC(=O)c1cnco1)C(=O)NCc1ccc(Cl)cc1)C1CC1c1ccc(Cl)cc1. The van der Waals surface area contributed by atoms with Crippen LogP contribution in [0.4, 0.5) is 0 Å². The summed E-state index contributed by atoms with van der Waals surface area (Å²) in [5.41, 5.74) is 2.25. The molecule has 1 heterocycles. The van der Waals surface area contributed by atoms with Crippen molar-refractivity contribution in [3.05, 3.63) is 88.1 Å². The van der Waals surface area contributed by atoms with Crippen LogP contribution in [0, 0.1) is 0 Å². The molecule has 1 aliphatic carbocycles. The number of nitrogens with zero attached hydrogens (tertiary/aromatic N) is 2. The van der Waals surface area contributed by atoms with Crippen LogP contribution in [0.25, 0.3) is 0 Å². The third-order valence-corrected chi connectivity index (χ3v) is 7.04. The van der Waals surface area contributed by atoms with Gasteiger partial charge in [0.05, 0.1) is 6.20 Å². The summed E-state index contributed by atoms with van der Waals surface area (Å²) in [5.74, 6) is -0.0803. The Morgan fingerprint density at radius 3 is 2.44 bits per heavy atom. The first-order valence-corrected chi connectivity index (χ1v) is 12.8. The third kappa shape index (κ3) is 7.32. The van der Waals surface area contributed by atoms with E-state index in [1.165, 1.54) is 18.2 Å². The molecule has 0 radical (unpaired) electrons. The van der Waals surface area contributed by atoms with Gasteiger partial charge in [-0.15, -0.1) is 0 Å². The number of nitrogens with one attached hydrogen (secondary N) is 2. The molecule has 2 aromatic carbocycles. The number of aromatic nitrogens is 1. The molecule has 4 rings (SSSR count). The Kier molecular flexibility index (Phi) is 9.02. The summed E-state index contributed by atoms with van der Waals surface area (Å²) in [6.45, 7) is 1.27. The second kappa shape index (κ2) is 12.4. The second-order valence-electron chi connectivity index (χ2n) is 9.17. The molecule has 0 spiro atoms. The molecule has 190 valence electrons. The summed E-state index contributed by atoms with van der Waals surface area (Å²) in [4.78, 5) is 31.6. The topological polar surface area (TPSA) is 87.5 Å². The minimum absolute atomic E-state index is 0.0761. The van der Waals surface area contributed by atoms with Gasteiger partial charge >= 0.3 is 0 Å². The molecular formula is C27H30Cl2N4O3. The van der Waals surface area contributed by atoms with Crippen LogP contribution in [0.3, 0.4) is 0 Å². The first kappa shape index (κ1) is 26.2. The fraction of sp³-hybridized carbons (Fsp3) is 0.370. The maximum Gasteiger partial charge on any atom is 0.289 e. The van der Waals surface area contributed by atoms with E-state index in [0.29, 0.717) is 29.9 Å². The minimum atomic E-state index is -0.678. The average molecular weight is 529 g/mol. The highest BCUT2D eigenvalue weighted by molar-refractivity contribution is 6.30. The maximum atomic E-state index is 12.9. The molecule has 1 aliphatic rings. The predicted molar refractivity (Wildman–Crippen MR) is 140 cm³/mol. The Bertz CT molecular complexity index is 1140. The van der Waals surface area contributed by atoms with Gasteiger partial charge in [0.25, 0.3) is 5.91 Å². The molecule has 0 aliphatic heterocycles. The summed E-state index contributed by atoms with van der Waals surface area (Å²) in [5, 5.41) is 7.10. The first-order chi connectivity index (χ1) is 17.4. The van der Waals surface area contributed by atoms with Crippen molar-refractivity contribution in [2.24, 2.45) is 0 Å². The van der Waals surface area contributed by atoms with E-state index in [2.05, 4.69) is 39.7 Å². The van der Waals surface area contributed by atoms with Crippen molar-refractivity contribution in [1.82, 2.24) is 20.5 Å². The number of benzene rings is 2. The summed E-state index contributed by atoms with van der Waals surface area (Å²) in [7, 11) is 2.14. The van der Waals surface area contributed by atoms with Gasteiger partial charge in [-0.25, -0.2) is 4.98 Å². The molecule has 0 saturated heterocycles. The van der Waals surface area contributed by atoms with Crippen molar-refractivity contribution < 1.29 is 14.0 Å². The van der Waals surface area contributed by atoms with Crippen molar-refractivity contribution in [1.29, 1.82) is 0 Å². The van der Waals surface area contributed by atoms with Crippen molar-refractivity contribution in [3.63, 3.8) is 0 Å². The van der Waals surface area contributed by atoms with Gasteiger partial charge in [-0.05, 0) is 74.7 Å². The molecule has 0 bridgehead atoms. The monoisotopic (exact) mass is 528 g/mol. The maximum absolute atomic E-state index is 12.9. The molecule has 1 aromatic heterocycles. The van der Waals surface area contributed by atoms with Gasteiger partial charge in [-0.2, -0.15) is 0 Å². The largest absolute Gasteiger partial charge is 0.438 e. The van der Waals surface area contributed by atoms with Crippen molar-refractivity contribution >= 4 is 35.0 Å². The van der Waals surface area contributed by atoms with Crippen molar-refractivity contribution in [2.45, 2.75) is 50.2 Å². The molecule has 7 nitrogen and oxygen atoms in total. The molecule has 1 fully saturated rings. The van der Waals surface area contributed by atoms with Gasteiger partial charge in [0.2, 0.25) is 11.7 Å². The van der Waals surface area contributed by atoms with Gasteiger partial charge in [-0.3, -0.25) is 9.59 Å². The number of oxazole rings is 1. The molecule has 3 aromatic rings. The van der Waals surface area contributed by atoms with Gasteiger partial charge in [-0.1, -0.05) is 47.5 Å². The zero-order chi connectivity index (χ0) is 25.5. The standard InChI is InChI=1S/C27H30Cl2N4O3/c1-33(24-14-22(24)19-7-11-21(29)12-8-19)13-3-2-4-23(32-27(35)25-16-30-17-36-25)26(34)31-15-18-5-9-20(28)10-6-18/h5-12,16-17,22-24H,2-4,13-15H2,1H3,(H,31,34)(H,32,35). The highest BCUT2D eigenvalue weighted by atomic mass is 35.5. The number of halogens is 2. The lowest BCUT2D eigenvalue weighted by molar-refractivity contribution is -0.123. The summed E-state index contributed by atoms with van der Waals surface area (Å²) in [6, 6.07) is 15.2. The van der Waals surface area contributed by atoms with E-state index in [9.17, 15) is 9.59 Å². The number of likely N-dealkylation sites (N-methyl/N-ethyl adjacent to an activating group) is 1. The molecule has 3 atom stereocenters. The van der Waals surface area contributed by atoms with Crippen molar-refractivity contribution in [2.75, 3.05) is 13.6 Å². The number of carbonyl (C=O) groups excluding carboxylic acids is 2. The quantitative estimate of drug-likeness (QED) is 0.321. The van der Waals surface area contributed by atoms with Crippen LogP contribution in [0.5, 0.6) is 0 Å². The summed E-state index contributed by atoms with van der Waals surface area (Å²) >= 11 is 11.9. The van der Waals surface area contributed by atoms with Crippen LogP contribution in [0.15, 0.2) is 65.5 Å². The van der Waals surface area contributed by atoms with Gasteiger partial charge < -0.3 is 20.0 Å². The fourth-order valence-corrected chi connectivity index (χ4v) is 4.61. The number of hydrogen-bond donors (Lipinski definition) is 2. The average Bonchev–Trinajstić information content (AvgIpc) is 3.48. The van der Waals surface area contributed by atoms with E-state index < -0.39 is 11.9 Å². The third-order valence-electron chi connectivity index (χ3n) is 6.53. The highest BCUT2D eigenvalue weighted by Crippen LogP contribution is 2.44. The lowest BCUT2D eigenvalue weighted by Crippen LogP contribution is -2.46. The number of carbonyl (C=O) groups is 2. The van der Waals surface area contributed by atoms with E-state index in [0.717, 1.165) is 36.4 Å². The van der Waals surface area contributed by atoms with E-state index in [-0.39, 0.29) is 11.7 Å². The lowest BCUT2D eigenvalue weighted by Gasteiger charge is -2.20. The van der Waals surface area contributed by atoms with Crippen LogP contribution in [0.1, 0.15) is 53.3 Å². The predicted octanol–water partition coefficient (Wildman–Crippen LogP) is 5.05. The fourth-order valence-electron chi connectivity index (χ4n) is 4.35. The molecule has 2 amide bonds. The molecular weight excluding hydrogens is 499 g/mol. The number of unbranched alkanes of at least 4 members (excludes halogenated alkanes) is 1. The summed E-state index contributed by atoms with van der Waals surface area (Å²) < 4.78 is 5.08. The normalized spacial score (nSPS) is 17.6. The second-order valence-corrected chi connectivity index (χ2v) is 10.0. The van der Waals surface area contributed by atoms with Gasteiger partial charge in [0.15, 0.2) is 6.39 Å². The zero-order valence-corrected chi connectivity index (χ0v) is 21.6. The molecule has 3 unspecified atom stereocenters. The van der Waals surface area contributed by atoms with E-state index in [1.54, 1.807) is 12.1 Å². The Balaban J connectivity index is 1.26. The molecule has 2 N–H and O–H groups in total. The number of amides is 2. The van der Waals surface area contributed by atoms with Gasteiger partial charge in [0, 0.05) is 28.5 Å². The minimum Gasteiger partial charge on any atom is -0.438 e. The first-order valence-electron chi connectivity index (χ1n) is 12.1. The molecule has 1 saturated carbocycles. The number of hydrogen-bond acceptors (Lipinski definition) is 5. The summed E-state index contributed by atoms with van der Waals surface area (Å²) in [6.07, 6.45) is 5.89. The van der Waals surface area contributed by atoms with Crippen LogP contribution < -0.4 is 10.6 Å². The Labute approximate surface area is 221 Å². The Hall–Kier alpha value is -2.87.